The lowest BCUT2D eigenvalue weighted by Gasteiger charge is -2.07. The summed E-state index contributed by atoms with van der Waals surface area (Å²) in [5.41, 5.74) is 5.44. The molecule has 0 aliphatic rings. The van der Waals surface area contributed by atoms with E-state index in [1.807, 2.05) is 0 Å². The van der Waals surface area contributed by atoms with Gasteiger partial charge in [0.05, 0.1) is 11.4 Å². The first-order valence-corrected chi connectivity index (χ1v) is 6.87. The van der Waals surface area contributed by atoms with E-state index < -0.39 is 23.4 Å². The van der Waals surface area contributed by atoms with Crippen LogP contribution in [0.15, 0.2) is 41.3 Å². The Kier molecular flexibility index (Phi) is 4.74. The van der Waals surface area contributed by atoms with Crippen LogP contribution < -0.4 is 11.1 Å². The molecule has 110 valence electrons. The molecule has 0 bridgehead atoms. The summed E-state index contributed by atoms with van der Waals surface area (Å²) in [5, 5.41) is 2.23. The second-order valence-electron chi connectivity index (χ2n) is 4.15. The van der Waals surface area contributed by atoms with Crippen molar-refractivity contribution >= 4 is 29.0 Å². The first-order chi connectivity index (χ1) is 9.95. The summed E-state index contributed by atoms with van der Waals surface area (Å²) in [5.74, 6) is -2.65. The molecule has 2 aromatic rings. The number of rotatable bonds is 4. The highest BCUT2D eigenvalue weighted by atomic mass is 32.2. The van der Waals surface area contributed by atoms with Crippen molar-refractivity contribution in [2.45, 2.75) is 4.90 Å². The molecule has 0 aliphatic carbocycles. The molecule has 2 rings (SSSR count). The summed E-state index contributed by atoms with van der Waals surface area (Å²) in [6.45, 7) is 0. The molecule has 3 N–H and O–H groups in total. The van der Waals surface area contributed by atoms with E-state index in [2.05, 4.69) is 5.32 Å². The normalized spacial score (nSPS) is 10.4. The molecule has 0 spiro atoms. The molecule has 2 aromatic carbocycles. The lowest BCUT2D eigenvalue weighted by atomic mass is 10.3. The van der Waals surface area contributed by atoms with E-state index in [1.54, 1.807) is 0 Å². The summed E-state index contributed by atoms with van der Waals surface area (Å²) in [6, 6.07) is 6.84. The Hall–Kier alpha value is -2.15. The van der Waals surface area contributed by atoms with Crippen molar-refractivity contribution in [3.05, 3.63) is 53.8 Å². The lowest BCUT2D eigenvalue weighted by Crippen LogP contribution is -2.15. The minimum atomic E-state index is -0.742. The van der Waals surface area contributed by atoms with Gasteiger partial charge in [-0.15, -0.1) is 11.8 Å². The van der Waals surface area contributed by atoms with Crippen molar-refractivity contribution in [2.75, 3.05) is 16.8 Å². The van der Waals surface area contributed by atoms with Crippen molar-refractivity contribution in [3.8, 4) is 0 Å². The van der Waals surface area contributed by atoms with Crippen molar-refractivity contribution in [1.82, 2.24) is 0 Å². The number of nitrogens with two attached hydrogens (primary N) is 1. The average Bonchev–Trinajstić information content (AvgIpc) is 2.42. The zero-order valence-electron chi connectivity index (χ0n) is 10.7. The molecule has 1 amide bonds. The van der Waals surface area contributed by atoms with E-state index in [-0.39, 0.29) is 22.0 Å². The zero-order valence-corrected chi connectivity index (χ0v) is 11.5. The topological polar surface area (TPSA) is 55.1 Å². The molecule has 0 unspecified atom stereocenters. The van der Waals surface area contributed by atoms with E-state index in [0.29, 0.717) is 0 Å². The second kappa shape index (κ2) is 6.53. The molecule has 0 fully saturated rings. The third-order valence-electron chi connectivity index (χ3n) is 2.52. The molecule has 0 saturated heterocycles. The van der Waals surface area contributed by atoms with Crippen LogP contribution in [0.2, 0.25) is 0 Å². The standard InChI is InChI=1S/C14H11F3N2OS/c15-8-1-3-10(16)12(5-8)19-14(20)7-21-13-4-2-9(18)6-11(13)17/h1-6H,7,18H2,(H,19,20). The molecule has 21 heavy (non-hydrogen) atoms. The Morgan fingerprint density at radius 3 is 2.57 bits per heavy atom. The molecule has 0 radical (unpaired) electrons. The minimum absolute atomic E-state index is 0.142. The number of amides is 1. The van der Waals surface area contributed by atoms with Gasteiger partial charge in [0.1, 0.15) is 17.5 Å². The molecule has 7 heteroatoms. The van der Waals surface area contributed by atoms with Gasteiger partial charge in [-0.2, -0.15) is 0 Å². The maximum Gasteiger partial charge on any atom is 0.234 e. The van der Waals surface area contributed by atoms with Gasteiger partial charge in [0, 0.05) is 16.6 Å². The summed E-state index contributed by atoms with van der Waals surface area (Å²) in [4.78, 5) is 11.9. The number of hydrogen-bond acceptors (Lipinski definition) is 3. The molecular formula is C14H11F3N2OS. The Balaban J connectivity index is 1.97. The Morgan fingerprint density at radius 2 is 1.86 bits per heavy atom. The number of carbonyl (C=O) groups excluding carboxylic acids is 1. The highest BCUT2D eigenvalue weighted by Gasteiger charge is 2.10. The smallest absolute Gasteiger partial charge is 0.234 e. The second-order valence-corrected chi connectivity index (χ2v) is 5.17. The first-order valence-electron chi connectivity index (χ1n) is 5.88. The van der Waals surface area contributed by atoms with Crippen LogP contribution in [0.1, 0.15) is 0 Å². The van der Waals surface area contributed by atoms with Gasteiger partial charge >= 0.3 is 0 Å². The number of nitrogen functional groups attached to an aromatic ring is 1. The fourth-order valence-electron chi connectivity index (χ4n) is 1.56. The Bertz CT molecular complexity index is 679. The fraction of sp³-hybridized carbons (Fsp3) is 0.0714. The number of nitrogens with one attached hydrogen (secondary N) is 1. The fourth-order valence-corrected chi connectivity index (χ4v) is 2.28. The van der Waals surface area contributed by atoms with Gasteiger partial charge in [0.15, 0.2) is 0 Å². The third kappa shape index (κ3) is 4.16. The van der Waals surface area contributed by atoms with E-state index in [1.165, 1.54) is 12.1 Å². The van der Waals surface area contributed by atoms with E-state index in [0.717, 1.165) is 36.0 Å². The molecule has 0 saturated carbocycles. The van der Waals surface area contributed by atoms with Crippen LogP contribution in [0.3, 0.4) is 0 Å². The van der Waals surface area contributed by atoms with Crippen molar-refractivity contribution in [2.24, 2.45) is 0 Å². The predicted octanol–water partition coefficient (Wildman–Crippen LogP) is 3.42. The van der Waals surface area contributed by atoms with Gasteiger partial charge in [-0.3, -0.25) is 4.79 Å². The van der Waals surface area contributed by atoms with Crippen molar-refractivity contribution in [1.29, 1.82) is 0 Å². The van der Waals surface area contributed by atoms with Gasteiger partial charge in [0.25, 0.3) is 0 Å². The minimum Gasteiger partial charge on any atom is -0.399 e. The van der Waals surface area contributed by atoms with Crippen molar-refractivity contribution in [3.63, 3.8) is 0 Å². The predicted molar refractivity (Wildman–Crippen MR) is 76.5 cm³/mol. The summed E-state index contributed by atoms with van der Waals surface area (Å²) in [7, 11) is 0. The van der Waals surface area contributed by atoms with Crippen LogP contribution in [0, 0.1) is 17.5 Å². The summed E-state index contributed by atoms with van der Waals surface area (Å²) < 4.78 is 39.8. The molecule has 0 aromatic heterocycles. The van der Waals surface area contributed by atoms with E-state index in [4.69, 9.17) is 5.73 Å². The number of halogens is 3. The lowest BCUT2D eigenvalue weighted by molar-refractivity contribution is -0.113. The van der Waals surface area contributed by atoms with E-state index in [9.17, 15) is 18.0 Å². The Morgan fingerprint density at radius 1 is 1.10 bits per heavy atom. The number of hydrogen-bond donors (Lipinski definition) is 2. The van der Waals surface area contributed by atoms with Crippen LogP contribution >= 0.6 is 11.8 Å². The molecule has 0 atom stereocenters. The first kappa shape index (κ1) is 15.2. The van der Waals surface area contributed by atoms with Crippen LogP contribution in [0.5, 0.6) is 0 Å². The Labute approximate surface area is 123 Å². The van der Waals surface area contributed by atoms with Gasteiger partial charge in [0.2, 0.25) is 5.91 Å². The maximum atomic E-state index is 13.5. The monoisotopic (exact) mass is 312 g/mol. The summed E-state index contributed by atoms with van der Waals surface area (Å²) in [6.07, 6.45) is 0. The third-order valence-corrected chi connectivity index (χ3v) is 3.57. The quantitative estimate of drug-likeness (QED) is 0.672. The molecule has 0 aliphatic heterocycles. The van der Waals surface area contributed by atoms with Crippen LogP contribution in [-0.2, 0) is 4.79 Å². The van der Waals surface area contributed by atoms with Crippen LogP contribution in [0.25, 0.3) is 0 Å². The number of carbonyl (C=O) groups is 1. The highest BCUT2D eigenvalue weighted by molar-refractivity contribution is 8.00. The van der Waals surface area contributed by atoms with Gasteiger partial charge in [-0.1, -0.05) is 0 Å². The largest absolute Gasteiger partial charge is 0.399 e. The maximum absolute atomic E-state index is 13.5. The number of anilines is 2. The van der Waals surface area contributed by atoms with Crippen molar-refractivity contribution < 1.29 is 18.0 Å². The molecular weight excluding hydrogens is 301 g/mol. The van der Waals surface area contributed by atoms with E-state index >= 15 is 0 Å². The SMILES string of the molecule is Nc1ccc(SCC(=O)Nc2cc(F)ccc2F)c(F)c1. The van der Waals surface area contributed by atoms with Crippen LogP contribution in [-0.4, -0.2) is 11.7 Å². The summed E-state index contributed by atoms with van der Waals surface area (Å²) >= 11 is 0.934. The number of thioether (sulfide) groups is 1. The van der Waals surface area contributed by atoms with Gasteiger partial charge in [-0.25, -0.2) is 13.2 Å². The molecule has 3 nitrogen and oxygen atoms in total. The highest BCUT2D eigenvalue weighted by Crippen LogP contribution is 2.24. The van der Waals surface area contributed by atoms with Gasteiger partial charge in [-0.05, 0) is 30.3 Å². The average molecular weight is 312 g/mol. The van der Waals surface area contributed by atoms with Gasteiger partial charge < -0.3 is 11.1 Å². The number of benzene rings is 2. The van der Waals surface area contributed by atoms with Crippen LogP contribution in [0.4, 0.5) is 24.5 Å². The zero-order chi connectivity index (χ0) is 15.4. The molecule has 0 heterocycles.